The number of hydrogen-bond acceptors (Lipinski definition) is 12. The van der Waals surface area contributed by atoms with E-state index in [1.807, 2.05) is 75.6 Å². The summed E-state index contributed by atoms with van der Waals surface area (Å²) in [6, 6.07) is 15.3. The molecule has 1 unspecified atom stereocenters. The molecular formula is C50H55ClN10O6S. The molecule has 16 nitrogen and oxygen atoms in total. The van der Waals surface area contributed by atoms with Crippen LogP contribution in [0.4, 0.5) is 11.4 Å². The first-order chi connectivity index (χ1) is 32.6. The Morgan fingerprint density at radius 1 is 0.926 bits per heavy atom. The van der Waals surface area contributed by atoms with E-state index in [9.17, 15) is 24.0 Å². The molecule has 5 amide bonds. The number of unbranched alkanes of at least 4 members (excludes halogenated alkanes) is 1. The number of ether oxygens (including phenoxy) is 1. The van der Waals surface area contributed by atoms with Crippen LogP contribution in [0.3, 0.4) is 0 Å². The number of aliphatic imine (C=N–C) groups is 1. The molecule has 2 aromatic heterocycles. The minimum absolute atomic E-state index is 0.0288. The van der Waals surface area contributed by atoms with E-state index in [-0.39, 0.29) is 67.9 Å². The summed E-state index contributed by atoms with van der Waals surface area (Å²) >= 11 is 7.91. The van der Waals surface area contributed by atoms with Crippen molar-refractivity contribution in [3.8, 4) is 10.8 Å². The molecule has 3 aromatic carbocycles. The highest BCUT2D eigenvalue weighted by Gasteiger charge is 2.40. The number of fused-ring (bicyclic) bond motifs is 4. The average molecular weight is 960 g/mol. The Kier molecular flexibility index (Phi) is 14.3. The van der Waals surface area contributed by atoms with Gasteiger partial charge >= 0.3 is 0 Å². The summed E-state index contributed by atoms with van der Waals surface area (Å²) in [7, 11) is 0. The molecule has 0 saturated carbocycles. The molecule has 18 heteroatoms. The van der Waals surface area contributed by atoms with Crippen molar-refractivity contribution < 1.29 is 28.7 Å². The second-order valence-electron chi connectivity index (χ2n) is 18.0. The van der Waals surface area contributed by atoms with Crippen LogP contribution < -0.4 is 20.7 Å². The quantitative estimate of drug-likeness (QED) is 0.0495. The number of benzene rings is 3. The molecule has 0 radical (unpaired) electrons. The summed E-state index contributed by atoms with van der Waals surface area (Å²) in [5, 5.41) is 28.0. The lowest BCUT2D eigenvalue weighted by Gasteiger charge is -2.29. The van der Waals surface area contributed by atoms with Crippen molar-refractivity contribution in [2.24, 2.45) is 15.2 Å². The second-order valence-corrected chi connectivity index (χ2v) is 19.6. The van der Waals surface area contributed by atoms with E-state index in [1.54, 1.807) is 29.5 Å². The van der Waals surface area contributed by atoms with Crippen molar-refractivity contribution in [1.29, 1.82) is 0 Å². The van der Waals surface area contributed by atoms with Gasteiger partial charge in [-0.25, -0.2) is 0 Å². The molecule has 5 aromatic rings. The van der Waals surface area contributed by atoms with E-state index in [1.165, 1.54) is 9.78 Å². The van der Waals surface area contributed by atoms with Gasteiger partial charge in [-0.2, -0.15) is 10.2 Å². The number of carbonyl (C=O) groups excluding carboxylic acids is 5. The zero-order valence-corrected chi connectivity index (χ0v) is 40.8. The molecule has 8 rings (SSSR count). The molecule has 0 aliphatic carbocycles. The Bertz CT molecular complexity index is 2840. The molecule has 5 heterocycles. The summed E-state index contributed by atoms with van der Waals surface area (Å²) in [5.74, 6) is 0.512. The van der Waals surface area contributed by atoms with E-state index in [0.717, 1.165) is 44.4 Å². The number of amides is 5. The van der Waals surface area contributed by atoms with Gasteiger partial charge < -0.3 is 20.3 Å². The van der Waals surface area contributed by atoms with Crippen LogP contribution in [-0.2, 0) is 25.7 Å². The fraction of sp³-hybridized carbons (Fsp3) is 0.400. The SMILES string of the molecule is Cc1sc2c(c1C)C(c1ccc(Cl)cc1)=N[C@@H](CC(=O)NCCCCNC(=O)COc1c(C(C)C)cc(N=Nc3cccc4c3CN(C3CCC(=O)NC3=O)C4=O)cc1C(C)C)c1nnc(C)n1-2. The lowest BCUT2D eigenvalue weighted by Crippen LogP contribution is -2.52. The molecule has 0 spiro atoms. The molecular weight excluding hydrogens is 904 g/mol. The molecule has 2 atom stereocenters. The van der Waals surface area contributed by atoms with Gasteiger partial charge in [-0.15, -0.1) is 21.5 Å². The summed E-state index contributed by atoms with van der Waals surface area (Å²) in [5.41, 5.74) is 7.79. The van der Waals surface area contributed by atoms with Gasteiger partial charge in [0, 0.05) is 58.2 Å². The first-order valence-electron chi connectivity index (χ1n) is 23.0. The molecule has 1 saturated heterocycles. The van der Waals surface area contributed by atoms with Gasteiger partial charge in [0.15, 0.2) is 12.4 Å². The number of hydrogen-bond donors (Lipinski definition) is 3. The average Bonchev–Trinajstić information content (AvgIpc) is 3.92. The number of aryl methyl sites for hydroxylation is 2. The lowest BCUT2D eigenvalue weighted by atomic mass is 9.93. The van der Waals surface area contributed by atoms with Gasteiger partial charge in [0.05, 0.1) is 23.5 Å². The Balaban J connectivity index is 0.850. The lowest BCUT2D eigenvalue weighted by molar-refractivity contribution is -0.137. The first kappa shape index (κ1) is 47.9. The fourth-order valence-electron chi connectivity index (χ4n) is 8.79. The summed E-state index contributed by atoms with van der Waals surface area (Å²) < 4.78 is 8.27. The Labute approximate surface area is 404 Å². The zero-order valence-electron chi connectivity index (χ0n) is 39.2. The number of imide groups is 1. The van der Waals surface area contributed by atoms with Crippen molar-refractivity contribution in [2.45, 2.75) is 111 Å². The van der Waals surface area contributed by atoms with Crippen molar-refractivity contribution >= 4 is 69.6 Å². The maximum absolute atomic E-state index is 13.4. The molecule has 3 aliphatic heterocycles. The van der Waals surface area contributed by atoms with E-state index < -0.39 is 18.0 Å². The molecule has 3 N–H and O–H groups in total. The summed E-state index contributed by atoms with van der Waals surface area (Å²) in [6.07, 6.45) is 1.81. The third kappa shape index (κ3) is 9.99. The Hall–Kier alpha value is -6.59. The number of rotatable bonds is 16. The van der Waals surface area contributed by atoms with Crippen LogP contribution in [0, 0.1) is 20.8 Å². The van der Waals surface area contributed by atoms with Crippen LogP contribution in [-0.4, -0.2) is 80.7 Å². The Morgan fingerprint density at radius 2 is 1.62 bits per heavy atom. The number of piperidine rings is 1. The number of nitrogens with one attached hydrogen (secondary N) is 3. The molecule has 354 valence electrons. The largest absolute Gasteiger partial charge is 0.483 e. The minimum atomic E-state index is -0.731. The number of carbonyl (C=O) groups is 5. The number of nitrogens with zero attached hydrogens (tertiary/aromatic N) is 7. The van der Waals surface area contributed by atoms with Crippen molar-refractivity contribution in [1.82, 2.24) is 35.6 Å². The van der Waals surface area contributed by atoms with Crippen LogP contribution in [0.1, 0.15) is 138 Å². The zero-order chi connectivity index (χ0) is 48.4. The van der Waals surface area contributed by atoms with Gasteiger partial charge in [0.25, 0.3) is 11.8 Å². The van der Waals surface area contributed by atoms with E-state index in [4.69, 9.17) is 21.3 Å². The highest BCUT2D eigenvalue weighted by molar-refractivity contribution is 7.15. The first-order valence-corrected chi connectivity index (χ1v) is 24.2. The predicted molar refractivity (Wildman–Crippen MR) is 260 cm³/mol. The summed E-state index contributed by atoms with van der Waals surface area (Å²) in [6.45, 7) is 15.1. The van der Waals surface area contributed by atoms with Crippen LogP contribution in [0.5, 0.6) is 5.75 Å². The third-order valence-corrected chi connectivity index (χ3v) is 14.0. The normalized spacial score (nSPS) is 16.7. The molecule has 3 aliphatic rings. The fourth-order valence-corrected chi connectivity index (χ4v) is 10.1. The predicted octanol–water partition coefficient (Wildman–Crippen LogP) is 8.70. The molecule has 1 fully saturated rings. The van der Waals surface area contributed by atoms with E-state index in [0.29, 0.717) is 65.0 Å². The smallest absolute Gasteiger partial charge is 0.257 e. The van der Waals surface area contributed by atoms with Gasteiger partial charge in [0.2, 0.25) is 17.7 Å². The molecule has 0 bridgehead atoms. The van der Waals surface area contributed by atoms with Crippen molar-refractivity contribution in [3.63, 3.8) is 0 Å². The number of halogens is 1. The van der Waals surface area contributed by atoms with Gasteiger partial charge in [-0.1, -0.05) is 57.5 Å². The van der Waals surface area contributed by atoms with Gasteiger partial charge in [0.1, 0.15) is 28.7 Å². The van der Waals surface area contributed by atoms with Gasteiger partial charge in [-0.3, -0.25) is 38.8 Å². The molecule has 68 heavy (non-hydrogen) atoms. The highest BCUT2D eigenvalue weighted by atomic mass is 35.5. The minimum Gasteiger partial charge on any atom is -0.483 e. The number of azo groups is 1. The van der Waals surface area contributed by atoms with Crippen LogP contribution in [0.25, 0.3) is 5.00 Å². The van der Waals surface area contributed by atoms with Crippen molar-refractivity contribution in [3.05, 3.63) is 115 Å². The number of thiophene rings is 1. The maximum atomic E-state index is 13.4. The van der Waals surface area contributed by atoms with Crippen LogP contribution in [0.2, 0.25) is 5.02 Å². The van der Waals surface area contributed by atoms with Crippen LogP contribution in [0.15, 0.2) is 69.8 Å². The van der Waals surface area contributed by atoms with Crippen LogP contribution >= 0.6 is 22.9 Å². The summed E-state index contributed by atoms with van der Waals surface area (Å²) in [4.78, 5) is 72.1. The van der Waals surface area contributed by atoms with Gasteiger partial charge in [-0.05, 0) is 105 Å². The van der Waals surface area contributed by atoms with Crippen molar-refractivity contribution in [2.75, 3.05) is 19.7 Å². The Morgan fingerprint density at radius 3 is 2.29 bits per heavy atom. The monoisotopic (exact) mass is 958 g/mol. The van der Waals surface area contributed by atoms with E-state index in [2.05, 4.69) is 50.2 Å². The second kappa shape index (κ2) is 20.3. The third-order valence-electron chi connectivity index (χ3n) is 12.5. The number of aromatic nitrogens is 3. The van der Waals surface area contributed by atoms with E-state index >= 15 is 0 Å². The maximum Gasteiger partial charge on any atom is 0.257 e. The topological polar surface area (TPSA) is 202 Å². The highest BCUT2D eigenvalue weighted by Crippen LogP contribution is 2.42. The standard InChI is InChI=1S/C50H55ClN10O6S/c1-26(2)35-21-33(57-58-38-12-10-11-34-37(38)24-60(49(34)66)40-17-18-41(62)55-48(40)65)22-36(27(3)4)46(35)67-25-43(64)53-20-9-8-19-52-42(63)23-39-47-59-56-30(7)61(47)50-44(28(5)29(6)68-50)45(54-39)31-13-15-32(51)16-14-31/h10-16,21-22,26-27,39-40H,8-9,17-20,23-25H2,1-7H3,(H,52,63)(H,53,64)(H,55,62,65)/t39-,40?/m0/s1.